The van der Waals surface area contributed by atoms with Gasteiger partial charge in [0.1, 0.15) is 9.79 Å². The number of primary sulfonamides is 1. The number of benzene rings is 1. The zero-order chi connectivity index (χ0) is 23.8. The maximum absolute atomic E-state index is 12.8. The Kier molecular flexibility index (Phi) is 9.40. The van der Waals surface area contributed by atoms with Crippen molar-refractivity contribution in [1.82, 2.24) is 30.7 Å². The van der Waals surface area contributed by atoms with E-state index < -0.39 is 35.9 Å². The molecule has 0 saturated carbocycles. The number of nitrogens with two attached hydrogens (primary N) is 2. The minimum Gasteiger partial charge on any atom is -0.395 e. The number of aromatic amines is 1. The largest absolute Gasteiger partial charge is 0.395 e. The van der Waals surface area contributed by atoms with Crippen molar-refractivity contribution in [2.24, 2.45) is 10.9 Å². The average molecular weight is 494 g/mol. The van der Waals surface area contributed by atoms with E-state index in [9.17, 15) is 16.8 Å². The molecule has 17 heteroatoms. The van der Waals surface area contributed by atoms with Crippen LogP contribution < -0.4 is 26.2 Å². The van der Waals surface area contributed by atoms with Crippen LogP contribution in [0.2, 0.25) is 0 Å². The highest BCUT2D eigenvalue weighted by Gasteiger charge is 2.31. The molecule has 0 aliphatic carbocycles. The quantitative estimate of drug-likeness (QED) is 0.119. The van der Waals surface area contributed by atoms with Gasteiger partial charge in [0.25, 0.3) is 0 Å². The van der Waals surface area contributed by atoms with E-state index in [2.05, 4.69) is 36.0 Å². The Labute approximate surface area is 185 Å². The second kappa shape index (κ2) is 11.6. The lowest BCUT2D eigenvalue weighted by molar-refractivity contribution is 0.172. The summed E-state index contributed by atoms with van der Waals surface area (Å²) in [5.41, 5.74) is 5.39. The fourth-order valence-corrected chi connectivity index (χ4v) is 5.41. The van der Waals surface area contributed by atoms with Gasteiger partial charge in [0, 0.05) is 25.3 Å². The summed E-state index contributed by atoms with van der Waals surface area (Å²) < 4.78 is 52.8. The summed E-state index contributed by atoms with van der Waals surface area (Å²) in [7, 11) is -8.83. The van der Waals surface area contributed by atoms with Crippen LogP contribution >= 0.6 is 0 Å². The summed E-state index contributed by atoms with van der Waals surface area (Å²) >= 11 is 0. The zero-order valence-corrected chi connectivity index (χ0v) is 18.7. The highest BCUT2D eigenvalue weighted by atomic mass is 32.2. The molecule has 0 bridgehead atoms. The van der Waals surface area contributed by atoms with Crippen molar-refractivity contribution in [3.63, 3.8) is 0 Å². The number of nitrogens with zero attached hydrogens (tertiary/aromatic N) is 3. The fraction of sp³-hybridized carbons (Fsp3) is 0.533. The Hall–Kier alpha value is -2.25. The first-order valence-electron chi connectivity index (χ1n) is 9.48. The Balaban J connectivity index is 2.51. The van der Waals surface area contributed by atoms with E-state index in [1.54, 1.807) is 0 Å². The molecular weight excluding hydrogens is 466 g/mol. The molecule has 0 saturated heterocycles. The van der Waals surface area contributed by atoms with E-state index in [0.29, 0.717) is 6.42 Å². The highest BCUT2D eigenvalue weighted by molar-refractivity contribution is 7.92. The van der Waals surface area contributed by atoms with Gasteiger partial charge in [-0.3, -0.25) is 0 Å². The number of anilines is 1. The number of tetrazole rings is 1. The van der Waals surface area contributed by atoms with Crippen molar-refractivity contribution in [1.29, 1.82) is 0 Å². The second-order valence-corrected chi connectivity index (χ2v) is 9.81. The van der Waals surface area contributed by atoms with Crippen LogP contribution in [0.3, 0.4) is 0 Å². The minimum atomic E-state index is -4.57. The van der Waals surface area contributed by atoms with Crippen LogP contribution in [0.25, 0.3) is 11.4 Å². The fourth-order valence-electron chi connectivity index (χ4n) is 2.74. The molecule has 15 nitrogen and oxygen atoms in total. The predicted octanol–water partition coefficient (Wildman–Crippen LogP) is -3.50. The number of hydrogen-bond donors (Lipinski definition) is 8. The molecule has 2 aromatic rings. The van der Waals surface area contributed by atoms with Crippen molar-refractivity contribution >= 4 is 25.7 Å². The van der Waals surface area contributed by atoms with E-state index in [1.807, 2.05) is 0 Å². The molecule has 0 spiro atoms. The van der Waals surface area contributed by atoms with Gasteiger partial charge in [-0.05, 0) is 30.3 Å². The van der Waals surface area contributed by atoms with Gasteiger partial charge in [0.05, 0.1) is 24.8 Å². The van der Waals surface area contributed by atoms with Crippen molar-refractivity contribution < 1.29 is 27.0 Å². The van der Waals surface area contributed by atoms with Crippen LogP contribution in [0, 0.1) is 0 Å². The van der Waals surface area contributed by atoms with E-state index in [1.165, 1.54) is 6.07 Å². The van der Waals surface area contributed by atoms with Crippen molar-refractivity contribution in [2.75, 3.05) is 44.7 Å². The molecule has 0 fully saturated rings. The van der Waals surface area contributed by atoms with E-state index in [0.717, 1.165) is 6.07 Å². The molecule has 2 rings (SSSR count). The van der Waals surface area contributed by atoms with Crippen LogP contribution in [-0.2, 0) is 20.0 Å². The monoisotopic (exact) mass is 493 g/mol. The Morgan fingerprint density at radius 3 is 2.38 bits per heavy atom. The smallest absolute Gasteiger partial charge is 0.241 e. The number of aromatic nitrogens is 4. The van der Waals surface area contributed by atoms with E-state index in [4.69, 9.17) is 21.1 Å². The van der Waals surface area contributed by atoms with Gasteiger partial charge >= 0.3 is 0 Å². The lowest BCUT2D eigenvalue weighted by atomic mass is 10.1. The van der Waals surface area contributed by atoms with E-state index >= 15 is 0 Å². The molecule has 0 aliphatic rings. The lowest BCUT2D eigenvalue weighted by Crippen LogP contribution is -2.38. The standard InChI is InChI=1S/C15H27N9O6S2/c16-4-1-5-20-32(29,30)12-3-2-11(19-7-6-18-10(8-25)9-26)13(14(12)31(17,27)28)15-21-23-24-22-15/h2-3,10,18-20,25-26H,1,4-9,16H2,(H2,17,27,28)(H,21,22,23,24). The summed E-state index contributed by atoms with van der Waals surface area (Å²) in [6.07, 6.45) is 0.344. The number of sulfonamides is 2. The lowest BCUT2D eigenvalue weighted by Gasteiger charge is -2.18. The molecule has 0 unspecified atom stereocenters. The Bertz CT molecular complexity index is 1070. The summed E-state index contributed by atoms with van der Waals surface area (Å²) in [4.78, 5) is -1.26. The maximum Gasteiger partial charge on any atom is 0.241 e. The SMILES string of the molecule is NCCCNS(=O)(=O)c1ccc(NCCNC(CO)CO)c(-c2nn[nH]n2)c1S(N)(=O)=O. The molecular formula is C15H27N9O6S2. The summed E-state index contributed by atoms with van der Waals surface area (Å²) in [5, 5.41) is 42.6. The van der Waals surface area contributed by atoms with E-state index in [-0.39, 0.29) is 56.5 Å². The zero-order valence-electron chi connectivity index (χ0n) is 17.0. The minimum absolute atomic E-state index is 0.00296. The first-order valence-corrected chi connectivity index (χ1v) is 12.5. The van der Waals surface area contributed by atoms with Crippen LogP contribution in [0.15, 0.2) is 21.9 Å². The van der Waals surface area contributed by atoms with Gasteiger partial charge in [-0.25, -0.2) is 26.7 Å². The highest BCUT2D eigenvalue weighted by Crippen LogP contribution is 2.36. The van der Waals surface area contributed by atoms with Gasteiger partial charge in [0.15, 0.2) is 0 Å². The summed E-state index contributed by atoms with van der Waals surface area (Å²) in [5.74, 6) is -0.188. The van der Waals surface area contributed by atoms with Crippen molar-refractivity contribution in [3.8, 4) is 11.4 Å². The average Bonchev–Trinajstić information content (AvgIpc) is 3.27. The molecule has 0 aliphatic heterocycles. The molecule has 1 aromatic heterocycles. The van der Waals surface area contributed by atoms with Gasteiger partial charge in [0.2, 0.25) is 25.9 Å². The molecule has 0 radical (unpaired) electrons. The number of hydrogen-bond acceptors (Lipinski definition) is 12. The van der Waals surface area contributed by atoms with Crippen molar-refractivity contribution in [3.05, 3.63) is 12.1 Å². The third-order valence-corrected chi connectivity index (χ3v) is 6.88. The number of rotatable bonds is 14. The molecule has 180 valence electrons. The number of H-pyrrole nitrogens is 1. The van der Waals surface area contributed by atoms with Crippen LogP contribution in [0.4, 0.5) is 5.69 Å². The van der Waals surface area contributed by atoms with Crippen LogP contribution in [0.1, 0.15) is 6.42 Å². The van der Waals surface area contributed by atoms with Crippen molar-refractivity contribution in [2.45, 2.75) is 22.3 Å². The normalized spacial score (nSPS) is 12.4. The summed E-state index contributed by atoms with van der Waals surface area (Å²) in [6.45, 7) is 0.189. The maximum atomic E-state index is 12.8. The Morgan fingerprint density at radius 2 is 1.81 bits per heavy atom. The third kappa shape index (κ3) is 6.62. The van der Waals surface area contributed by atoms with Gasteiger partial charge in [-0.1, -0.05) is 0 Å². The number of aliphatic hydroxyl groups is 2. The molecule has 1 heterocycles. The molecule has 10 N–H and O–H groups in total. The third-order valence-electron chi connectivity index (χ3n) is 4.25. The number of nitrogens with one attached hydrogen (secondary N) is 4. The van der Waals surface area contributed by atoms with Gasteiger partial charge < -0.3 is 26.6 Å². The van der Waals surface area contributed by atoms with Gasteiger partial charge in [-0.15, -0.1) is 10.2 Å². The molecule has 1 aromatic carbocycles. The topological polar surface area (TPSA) is 251 Å². The van der Waals surface area contributed by atoms with Gasteiger partial charge in [-0.2, -0.15) is 5.21 Å². The molecule has 0 atom stereocenters. The van der Waals surface area contributed by atoms with Crippen LogP contribution in [0.5, 0.6) is 0 Å². The first kappa shape index (κ1) is 26.0. The Morgan fingerprint density at radius 1 is 1.09 bits per heavy atom. The first-order chi connectivity index (χ1) is 15.2. The summed E-state index contributed by atoms with van der Waals surface area (Å²) in [6, 6.07) is 1.93. The second-order valence-electron chi connectivity index (χ2n) is 6.58. The van der Waals surface area contributed by atoms with Crippen LogP contribution in [-0.4, -0.2) is 93.1 Å². The predicted molar refractivity (Wildman–Crippen MR) is 114 cm³/mol. The number of aliphatic hydroxyl groups excluding tert-OH is 2. The molecule has 0 amide bonds. The molecule has 32 heavy (non-hydrogen) atoms.